The van der Waals surface area contributed by atoms with Crippen LogP contribution in [-0.2, 0) is 4.74 Å². The minimum Gasteiger partial charge on any atom is -0.475 e. The first-order valence-corrected chi connectivity index (χ1v) is 5.73. The van der Waals surface area contributed by atoms with E-state index < -0.39 is 11.9 Å². The number of carboxylic acid groups (broad SMARTS) is 1. The van der Waals surface area contributed by atoms with Gasteiger partial charge in [-0.15, -0.1) is 0 Å². The number of aromatic carboxylic acids is 1. The number of hydrogen-bond donors (Lipinski definition) is 2. The lowest BCUT2D eigenvalue weighted by Crippen LogP contribution is -2.27. The summed E-state index contributed by atoms with van der Waals surface area (Å²) in [5.74, 6) is -1.39. The van der Waals surface area contributed by atoms with E-state index in [0.29, 0.717) is 19.1 Å². The van der Waals surface area contributed by atoms with Gasteiger partial charge in [0.05, 0.1) is 6.61 Å². The Morgan fingerprint density at radius 3 is 2.94 bits per heavy atom. The maximum atomic E-state index is 11.5. The molecular formula is C11H14N2O5. The van der Waals surface area contributed by atoms with Gasteiger partial charge < -0.3 is 19.7 Å². The van der Waals surface area contributed by atoms with E-state index >= 15 is 0 Å². The molecule has 1 heterocycles. The van der Waals surface area contributed by atoms with Crippen molar-refractivity contribution in [2.75, 3.05) is 19.8 Å². The van der Waals surface area contributed by atoms with E-state index in [-0.39, 0.29) is 11.5 Å². The molecule has 2 N–H and O–H groups in total. The highest BCUT2D eigenvalue weighted by Gasteiger charge is 2.21. The monoisotopic (exact) mass is 254 g/mol. The van der Waals surface area contributed by atoms with Crippen molar-refractivity contribution in [3.8, 4) is 0 Å². The highest BCUT2D eigenvalue weighted by atomic mass is 16.5. The molecular weight excluding hydrogens is 240 g/mol. The normalized spacial score (nSPS) is 14.4. The number of rotatable bonds is 7. The van der Waals surface area contributed by atoms with E-state index in [1.165, 1.54) is 12.8 Å². The van der Waals surface area contributed by atoms with E-state index in [1.807, 2.05) is 0 Å². The van der Waals surface area contributed by atoms with Gasteiger partial charge in [0, 0.05) is 19.2 Å². The predicted molar refractivity (Wildman–Crippen MR) is 59.3 cm³/mol. The third kappa shape index (κ3) is 3.56. The molecule has 0 aliphatic heterocycles. The first-order chi connectivity index (χ1) is 8.66. The van der Waals surface area contributed by atoms with Gasteiger partial charge in [0.2, 0.25) is 5.76 Å². The van der Waals surface area contributed by atoms with Crippen molar-refractivity contribution in [2.45, 2.75) is 12.8 Å². The fraction of sp³-hybridized carbons (Fsp3) is 0.545. The minimum atomic E-state index is -1.26. The molecule has 0 atom stereocenters. The number of amides is 1. The molecule has 1 saturated carbocycles. The predicted octanol–water partition coefficient (Wildman–Crippen LogP) is 0.529. The zero-order valence-corrected chi connectivity index (χ0v) is 9.72. The highest BCUT2D eigenvalue weighted by Crippen LogP contribution is 2.28. The van der Waals surface area contributed by atoms with Gasteiger partial charge in [0.25, 0.3) is 5.91 Å². The summed E-state index contributed by atoms with van der Waals surface area (Å²) >= 11 is 0. The van der Waals surface area contributed by atoms with Crippen LogP contribution in [-0.4, -0.2) is 41.9 Å². The third-order valence-corrected chi connectivity index (χ3v) is 2.54. The molecule has 0 spiro atoms. The first kappa shape index (κ1) is 12.6. The van der Waals surface area contributed by atoms with Crippen LogP contribution in [0.15, 0.2) is 10.6 Å². The molecule has 0 unspecified atom stereocenters. The van der Waals surface area contributed by atoms with E-state index in [9.17, 15) is 9.59 Å². The lowest BCUT2D eigenvalue weighted by molar-refractivity contribution is 0.0651. The van der Waals surface area contributed by atoms with Crippen LogP contribution in [0.1, 0.15) is 33.9 Å². The number of carbonyl (C=O) groups excluding carboxylic acids is 1. The molecule has 1 amide bonds. The van der Waals surface area contributed by atoms with Crippen molar-refractivity contribution in [1.82, 2.24) is 10.5 Å². The number of ether oxygens (including phenoxy) is 1. The summed E-state index contributed by atoms with van der Waals surface area (Å²) in [4.78, 5) is 22.0. The fourth-order valence-electron chi connectivity index (χ4n) is 1.34. The lowest BCUT2D eigenvalue weighted by atomic mass is 10.3. The van der Waals surface area contributed by atoms with Crippen LogP contribution < -0.4 is 5.32 Å². The molecule has 98 valence electrons. The fourth-order valence-corrected chi connectivity index (χ4v) is 1.34. The van der Waals surface area contributed by atoms with E-state index in [4.69, 9.17) is 9.84 Å². The van der Waals surface area contributed by atoms with Gasteiger partial charge in [-0.05, 0) is 18.8 Å². The molecule has 1 aliphatic rings. The molecule has 1 fully saturated rings. The Balaban J connectivity index is 1.67. The van der Waals surface area contributed by atoms with Crippen LogP contribution in [0.25, 0.3) is 0 Å². The molecule has 0 saturated heterocycles. The summed E-state index contributed by atoms with van der Waals surface area (Å²) in [6.07, 6.45) is 2.45. The Morgan fingerprint density at radius 1 is 1.56 bits per heavy atom. The summed E-state index contributed by atoms with van der Waals surface area (Å²) in [7, 11) is 0. The van der Waals surface area contributed by atoms with Gasteiger partial charge in [0.1, 0.15) is 0 Å². The molecule has 7 heteroatoms. The molecule has 7 nitrogen and oxygen atoms in total. The van der Waals surface area contributed by atoms with Gasteiger partial charge in [-0.3, -0.25) is 4.79 Å². The van der Waals surface area contributed by atoms with Crippen LogP contribution in [0.5, 0.6) is 0 Å². The van der Waals surface area contributed by atoms with Gasteiger partial charge in [-0.2, -0.15) is 0 Å². The average molecular weight is 254 g/mol. The van der Waals surface area contributed by atoms with Gasteiger partial charge in [0.15, 0.2) is 5.69 Å². The summed E-state index contributed by atoms with van der Waals surface area (Å²) in [5, 5.41) is 14.5. The molecule has 18 heavy (non-hydrogen) atoms. The van der Waals surface area contributed by atoms with Crippen LogP contribution in [0.3, 0.4) is 0 Å². The zero-order chi connectivity index (χ0) is 13.0. The highest BCUT2D eigenvalue weighted by molar-refractivity contribution is 5.94. The molecule has 0 bridgehead atoms. The maximum Gasteiger partial charge on any atom is 0.374 e. The number of nitrogens with zero attached hydrogens (tertiary/aromatic N) is 1. The molecule has 1 aromatic rings. The van der Waals surface area contributed by atoms with Crippen molar-refractivity contribution in [3.05, 3.63) is 17.5 Å². The van der Waals surface area contributed by atoms with Crippen LogP contribution >= 0.6 is 0 Å². The standard InChI is InChI=1S/C11H14N2O5/c14-10(8-5-9(11(15)16)18-13-8)12-3-4-17-6-7-1-2-7/h5,7H,1-4,6H2,(H,12,14)(H,15,16). The van der Waals surface area contributed by atoms with Crippen LogP contribution in [0, 0.1) is 5.92 Å². The molecule has 2 rings (SSSR count). The first-order valence-electron chi connectivity index (χ1n) is 5.73. The average Bonchev–Trinajstić information content (AvgIpc) is 3.02. The quantitative estimate of drug-likeness (QED) is 0.688. The summed E-state index contributed by atoms with van der Waals surface area (Å²) < 4.78 is 9.81. The van der Waals surface area contributed by atoms with Crippen molar-refractivity contribution >= 4 is 11.9 Å². The number of aromatic nitrogens is 1. The summed E-state index contributed by atoms with van der Waals surface area (Å²) in [6.45, 7) is 1.54. The number of carbonyl (C=O) groups is 2. The van der Waals surface area contributed by atoms with Gasteiger partial charge in [-0.25, -0.2) is 4.79 Å². The van der Waals surface area contributed by atoms with Crippen molar-refractivity contribution in [1.29, 1.82) is 0 Å². The molecule has 1 aromatic heterocycles. The second kappa shape index (κ2) is 5.63. The van der Waals surface area contributed by atoms with E-state index in [1.54, 1.807) is 0 Å². The Morgan fingerprint density at radius 2 is 2.33 bits per heavy atom. The molecule has 1 aliphatic carbocycles. The largest absolute Gasteiger partial charge is 0.475 e. The second-order valence-corrected chi connectivity index (χ2v) is 4.16. The SMILES string of the molecule is O=C(NCCOCC1CC1)c1cc(C(=O)O)on1. The topological polar surface area (TPSA) is 102 Å². The summed E-state index contributed by atoms with van der Waals surface area (Å²) in [6, 6.07) is 1.09. The number of hydrogen-bond acceptors (Lipinski definition) is 5. The van der Waals surface area contributed by atoms with Gasteiger partial charge in [-0.1, -0.05) is 5.16 Å². The molecule has 0 aromatic carbocycles. The Kier molecular flexibility index (Phi) is 3.93. The zero-order valence-electron chi connectivity index (χ0n) is 9.72. The molecule has 0 radical (unpaired) electrons. The van der Waals surface area contributed by atoms with E-state index in [0.717, 1.165) is 12.7 Å². The van der Waals surface area contributed by atoms with Crippen molar-refractivity contribution in [3.63, 3.8) is 0 Å². The Bertz CT molecular complexity index is 438. The van der Waals surface area contributed by atoms with Crippen molar-refractivity contribution < 1.29 is 24.0 Å². The van der Waals surface area contributed by atoms with Crippen LogP contribution in [0.2, 0.25) is 0 Å². The Labute approximate surface area is 103 Å². The summed E-state index contributed by atoms with van der Waals surface area (Å²) in [5.41, 5.74) is -0.0467. The van der Waals surface area contributed by atoms with Gasteiger partial charge >= 0.3 is 5.97 Å². The Hall–Kier alpha value is -1.89. The minimum absolute atomic E-state index is 0.0467. The lowest BCUT2D eigenvalue weighted by Gasteiger charge is -2.03. The number of carboxylic acids is 1. The number of nitrogens with one attached hydrogen (secondary N) is 1. The van der Waals surface area contributed by atoms with E-state index in [2.05, 4.69) is 15.0 Å². The maximum absolute atomic E-state index is 11.5. The van der Waals surface area contributed by atoms with Crippen LogP contribution in [0.4, 0.5) is 0 Å². The smallest absolute Gasteiger partial charge is 0.374 e. The third-order valence-electron chi connectivity index (χ3n) is 2.54. The second-order valence-electron chi connectivity index (χ2n) is 4.16. The van der Waals surface area contributed by atoms with Crippen molar-refractivity contribution in [2.24, 2.45) is 5.92 Å².